The fraction of sp³-hybridized carbons (Fsp3) is 0.133. The molecule has 0 saturated heterocycles. The van der Waals surface area contributed by atoms with Crippen molar-refractivity contribution in [3.05, 3.63) is 52.4 Å². The van der Waals surface area contributed by atoms with Crippen LogP contribution in [0.25, 0.3) is 10.4 Å². The maximum atomic E-state index is 12.5. The number of hydrogen-bond donors (Lipinski definition) is 1. The van der Waals surface area contributed by atoms with E-state index in [-0.39, 0.29) is 5.91 Å². The van der Waals surface area contributed by atoms with Gasteiger partial charge in [-0.25, -0.2) is 4.98 Å². The van der Waals surface area contributed by atoms with Gasteiger partial charge in [0.1, 0.15) is 5.69 Å². The summed E-state index contributed by atoms with van der Waals surface area (Å²) >= 11 is 7.69. The molecule has 0 bridgehead atoms. The van der Waals surface area contributed by atoms with Crippen molar-refractivity contribution in [3.8, 4) is 10.4 Å². The first kappa shape index (κ1) is 14.7. The summed E-state index contributed by atoms with van der Waals surface area (Å²) in [5.74, 6) is -0.271. The second kappa shape index (κ2) is 5.90. The van der Waals surface area contributed by atoms with Gasteiger partial charge in [-0.15, -0.1) is 11.3 Å². The lowest BCUT2D eigenvalue weighted by atomic mass is 10.1. The molecule has 1 N–H and O–H groups in total. The van der Waals surface area contributed by atoms with Gasteiger partial charge >= 0.3 is 0 Å². The number of halogens is 1. The number of hydrogen-bond acceptors (Lipinski definition) is 4. The summed E-state index contributed by atoms with van der Waals surface area (Å²) in [6.45, 7) is 1.87. The Balaban J connectivity index is 1.97. The zero-order chi connectivity index (χ0) is 15.7. The molecule has 22 heavy (non-hydrogen) atoms. The zero-order valence-corrected chi connectivity index (χ0v) is 13.6. The highest BCUT2D eigenvalue weighted by atomic mass is 35.5. The van der Waals surface area contributed by atoms with Crippen LogP contribution in [0.1, 0.15) is 15.5 Å². The van der Waals surface area contributed by atoms with Crippen LogP contribution >= 0.6 is 22.9 Å². The lowest BCUT2D eigenvalue weighted by molar-refractivity contribution is 0.102. The van der Waals surface area contributed by atoms with Crippen molar-refractivity contribution in [2.45, 2.75) is 6.92 Å². The molecule has 3 rings (SSSR count). The van der Waals surface area contributed by atoms with Crippen molar-refractivity contribution < 1.29 is 4.79 Å². The Kier molecular flexibility index (Phi) is 3.96. The van der Waals surface area contributed by atoms with Gasteiger partial charge in [0.25, 0.3) is 5.91 Å². The highest BCUT2D eigenvalue weighted by Gasteiger charge is 2.20. The van der Waals surface area contributed by atoms with E-state index in [1.54, 1.807) is 30.2 Å². The molecule has 0 spiro atoms. The summed E-state index contributed by atoms with van der Waals surface area (Å²) in [6.07, 6.45) is 3.32. The molecule has 7 heteroatoms. The monoisotopic (exact) mass is 332 g/mol. The summed E-state index contributed by atoms with van der Waals surface area (Å²) in [4.78, 5) is 17.6. The maximum absolute atomic E-state index is 12.5. The van der Waals surface area contributed by atoms with Crippen LogP contribution in [-0.4, -0.2) is 20.7 Å². The minimum atomic E-state index is -0.271. The van der Waals surface area contributed by atoms with E-state index in [0.717, 1.165) is 15.4 Å². The topological polar surface area (TPSA) is 59.8 Å². The third-order valence-corrected chi connectivity index (χ3v) is 4.36. The van der Waals surface area contributed by atoms with Gasteiger partial charge in [0.05, 0.1) is 21.8 Å². The first-order chi connectivity index (χ1) is 10.5. The number of aryl methyl sites for hydroxylation is 2. The highest BCUT2D eigenvalue weighted by molar-refractivity contribution is 7.15. The van der Waals surface area contributed by atoms with Crippen LogP contribution < -0.4 is 5.32 Å². The van der Waals surface area contributed by atoms with Gasteiger partial charge in [0.15, 0.2) is 0 Å². The van der Waals surface area contributed by atoms with Crippen LogP contribution in [0.3, 0.4) is 0 Å². The van der Waals surface area contributed by atoms with Crippen molar-refractivity contribution in [2.75, 3.05) is 5.32 Å². The molecule has 3 aromatic rings. The Morgan fingerprint density at radius 1 is 1.36 bits per heavy atom. The van der Waals surface area contributed by atoms with E-state index in [1.807, 2.05) is 25.1 Å². The number of rotatable bonds is 3. The molecule has 2 aromatic heterocycles. The lowest BCUT2D eigenvalue weighted by Crippen LogP contribution is -2.13. The molecular formula is C15H13ClN4OS. The summed E-state index contributed by atoms with van der Waals surface area (Å²) < 4.78 is 1.62. The quantitative estimate of drug-likeness (QED) is 0.794. The molecule has 2 heterocycles. The van der Waals surface area contributed by atoms with Gasteiger partial charge in [-0.05, 0) is 13.0 Å². The summed E-state index contributed by atoms with van der Waals surface area (Å²) in [6, 6.07) is 7.43. The van der Waals surface area contributed by atoms with Crippen LogP contribution in [0, 0.1) is 6.92 Å². The number of anilines is 1. The first-order valence-corrected chi connectivity index (χ1v) is 7.76. The highest BCUT2D eigenvalue weighted by Crippen LogP contribution is 2.35. The summed E-state index contributed by atoms with van der Waals surface area (Å²) in [5, 5.41) is 8.24. The molecule has 0 atom stereocenters. The van der Waals surface area contributed by atoms with Gasteiger partial charge in [0, 0.05) is 23.8 Å². The molecule has 0 radical (unpaired) electrons. The zero-order valence-electron chi connectivity index (χ0n) is 12.0. The Morgan fingerprint density at radius 3 is 2.82 bits per heavy atom. The Hall–Kier alpha value is -2.18. The van der Waals surface area contributed by atoms with E-state index in [9.17, 15) is 4.79 Å². The van der Waals surface area contributed by atoms with E-state index in [4.69, 9.17) is 11.6 Å². The Bertz CT molecular complexity index is 840. The van der Waals surface area contributed by atoms with Gasteiger partial charge in [0.2, 0.25) is 0 Å². The number of aromatic nitrogens is 3. The average molecular weight is 333 g/mol. The SMILES string of the molecule is Cc1nc(C(=O)Nc2cnn(C)c2)c(-c2ccccc2Cl)s1. The van der Waals surface area contributed by atoms with Crippen LogP contribution in [0.4, 0.5) is 5.69 Å². The van der Waals surface area contributed by atoms with E-state index >= 15 is 0 Å². The average Bonchev–Trinajstić information content (AvgIpc) is 3.05. The molecule has 1 aromatic carbocycles. The number of benzene rings is 1. The number of carbonyl (C=O) groups excluding carboxylic acids is 1. The minimum absolute atomic E-state index is 0.271. The van der Waals surface area contributed by atoms with Gasteiger partial charge in [-0.1, -0.05) is 29.8 Å². The fourth-order valence-corrected chi connectivity index (χ4v) is 3.33. The fourth-order valence-electron chi connectivity index (χ4n) is 2.08. The van der Waals surface area contributed by atoms with Crippen LogP contribution in [-0.2, 0) is 7.05 Å². The van der Waals surface area contributed by atoms with Gasteiger partial charge < -0.3 is 5.32 Å². The van der Waals surface area contributed by atoms with Crippen LogP contribution in [0.5, 0.6) is 0 Å². The van der Waals surface area contributed by atoms with E-state index < -0.39 is 0 Å². The number of carbonyl (C=O) groups is 1. The van der Waals surface area contributed by atoms with Crippen molar-refractivity contribution >= 4 is 34.5 Å². The third-order valence-electron chi connectivity index (χ3n) is 3.03. The van der Waals surface area contributed by atoms with Crippen LogP contribution in [0.2, 0.25) is 5.02 Å². The first-order valence-electron chi connectivity index (χ1n) is 6.57. The van der Waals surface area contributed by atoms with Gasteiger partial charge in [-0.2, -0.15) is 5.10 Å². The third kappa shape index (κ3) is 2.88. The number of thiazole rings is 1. The predicted molar refractivity (Wildman–Crippen MR) is 88.5 cm³/mol. The van der Waals surface area contributed by atoms with Crippen molar-refractivity contribution in [1.82, 2.24) is 14.8 Å². The second-order valence-corrected chi connectivity index (χ2v) is 6.36. The second-order valence-electron chi connectivity index (χ2n) is 4.75. The summed E-state index contributed by atoms with van der Waals surface area (Å²) in [5.41, 5.74) is 1.81. The molecule has 1 amide bonds. The molecule has 0 unspecified atom stereocenters. The largest absolute Gasteiger partial charge is 0.318 e. The molecule has 0 fully saturated rings. The molecule has 0 aliphatic rings. The number of nitrogens with zero attached hydrogens (tertiary/aromatic N) is 3. The lowest BCUT2D eigenvalue weighted by Gasteiger charge is -2.04. The molecule has 0 saturated carbocycles. The van der Waals surface area contributed by atoms with Crippen molar-refractivity contribution in [1.29, 1.82) is 0 Å². The van der Waals surface area contributed by atoms with Crippen LogP contribution in [0.15, 0.2) is 36.7 Å². The Labute approximate surface area is 136 Å². The summed E-state index contributed by atoms with van der Waals surface area (Å²) in [7, 11) is 1.79. The maximum Gasteiger partial charge on any atom is 0.275 e. The number of nitrogens with one attached hydrogen (secondary N) is 1. The molecule has 0 aliphatic heterocycles. The van der Waals surface area contributed by atoms with Crippen molar-refractivity contribution in [2.24, 2.45) is 7.05 Å². The smallest absolute Gasteiger partial charge is 0.275 e. The van der Waals surface area contributed by atoms with E-state index in [2.05, 4.69) is 15.4 Å². The Morgan fingerprint density at radius 2 is 2.14 bits per heavy atom. The molecule has 112 valence electrons. The normalized spacial score (nSPS) is 10.7. The molecule has 5 nitrogen and oxygen atoms in total. The number of amides is 1. The standard InChI is InChI=1S/C15H13ClN4OS/c1-9-18-13(15(21)19-10-7-17-20(2)8-10)14(22-9)11-5-3-4-6-12(11)16/h3-8H,1-2H3,(H,19,21). The van der Waals surface area contributed by atoms with E-state index in [0.29, 0.717) is 16.4 Å². The minimum Gasteiger partial charge on any atom is -0.318 e. The van der Waals surface area contributed by atoms with Gasteiger partial charge in [-0.3, -0.25) is 9.48 Å². The predicted octanol–water partition coefficient (Wildman–Crippen LogP) is 3.76. The molecular weight excluding hydrogens is 320 g/mol. The van der Waals surface area contributed by atoms with E-state index in [1.165, 1.54) is 11.3 Å². The molecule has 0 aliphatic carbocycles. The van der Waals surface area contributed by atoms with Crippen molar-refractivity contribution in [3.63, 3.8) is 0 Å².